The molecule has 1 atom stereocenters. The lowest BCUT2D eigenvalue weighted by Crippen LogP contribution is -2.43. The Bertz CT molecular complexity index is 443. The Morgan fingerprint density at radius 3 is 1.70 bits per heavy atom. The van der Waals surface area contributed by atoms with Crippen LogP contribution in [0.4, 0.5) is 0 Å². The summed E-state index contributed by atoms with van der Waals surface area (Å²) in [7, 11) is -1.74. The van der Waals surface area contributed by atoms with Gasteiger partial charge in [0, 0.05) is 0 Å². The molecule has 0 unspecified atom stereocenters. The molecule has 0 aromatic heterocycles. The van der Waals surface area contributed by atoms with E-state index in [1.165, 1.54) is 0 Å². The van der Waals surface area contributed by atoms with Crippen molar-refractivity contribution in [3.8, 4) is 11.5 Å². The molecule has 1 rings (SSSR count). The van der Waals surface area contributed by atoms with Gasteiger partial charge in [-0.2, -0.15) is 0 Å². The average molecular weight is 289 g/mol. The summed E-state index contributed by atoms with van der Waals surface area (Å²) in [4.78, 5) is 0. The van der Waals surface area contributed by atoms with E-state index in [0.29, 0.717) is 16.6 Å². The summed E-state index contributed by atoms with van der Waals surface area (Å²) in [5.74, 6) is 3.15. The Balaban J connectivity index is 3.12. The molecular weight excluding hydrogens is 260 g/mol. The van der Waals surface area contributed by atoms with E-state index in [-0.39, 0.29) is 0 Å². The van der Waals surface area contributed by atoms with Crippen LogP contribution in [-0.4, -0.2) is 13.2 Å². The number of rotatable bonds is 4. The monoisotopic (exact) mass is 288 g/mol. The van der Waals surface area contributed by atoms with Crippen LogP contribution in [0.3, 0.4) is 0 Å². The first-order valence-corrected chi connectivity index (χ1v) is 9.81. The van der Waals surface area contributed by atoms with E-state index in [0.717, 1.165) is 5.56 Å². The van der Waals surface area contributed by atoms with Crippen LogP contribution in [0, 0.1) is 11.5 Å². The number of hydrogen-bond acceptors (Lipinski definition) is 1. The first-order valence-electron chi connectivity index (χ1n) is 7.58. The van der Waals surface area contributed by atoms with Crippen molar-refractivity contribution in [1.29, 1.82) is 0 Å². The fourth-order valence-corrected chi connectivity index (χ4v) is 8.60. The zero-order valence-electron chi connectivity index (χ0n) is 13.6. The molecule has 0 heterocycles. The molecule has 1 N–H and O–H groups in total. The van der Waals surface area contributed by atoms with E-state index in [2.05, 4.69) is 53.0 Å². The van der Waals surface area contributed by atoms with Gasteiger partial charge in [0.2, 0.25) is 0 Å². The molecule has 20 heavy (non-hydrogen) atoms. The molecule has 1 aromatic carbocycles. The summed E-state index contributed by atoms with van der Waals surface area (Å²) < 4.78 is 0. The van der Waals surface area contributed by atoms with E-state index < -0.39 is 14.2 Å². The van der Waals surface area contributed by atoms with E-state index >= 15 is 0 Å². The van der Waals surface area contributed by atoms with Crippen LogP contribution in [-0.2, 0) is 0 Å². The van der Waals surface area contributed by atoms with Gasteiger partial charge in [0.05, 0.1) is 0 Å². The fourth-order valence-electron chi connectivity index (χ4n) is 3.35. The third-order valence-electron chi connectivity index (χ3n) is 4.41. The quantitative estimate of drug-likeness (QED) is 0.614. The van der Waals surface area contributed by atoms with Gasteiger partial charge < -0.3 is 5.11 Å². The van der Waals surface area contributed by atoms with Crippen LogP contribution in [0.2, 0.25) is 16.6 Å². The number of hydrogen-bond donors (Lipinski definition) is 1. The van der Waals surface area contributed by atoms with Gasteiger partial charge in [-0.05, 0) is 22.2 Å². The molecule has 0 amide bonds. The largest absolute Gasteiger partial charge is 0.376 e. The van der Waals surface area contributed by atoms with Crippen molar-refractivity contribution in [2.45, 2.75) is 64.3 Å². The predicted octanol–water partition coefficient (Wildman–Crippen LogP) is 4.94. The Hall–Kier alpha value is -1.04. The van der Waals surface area contributed by atoms with Crippen molar-refractivity contribution in [2.75, 3.05) is 0 Å². The normalized spacial score (nSPS) is 13.5. The molecule has 1 nitrogen and oxygen atoms in total. The molecule has 0 spiro atoms. The highest BCUT2D eigenvalue weighted by Gasteiger charge is 2.41. The minimum atomic E-state index is -1.74. The molecule has 0 bridgehead atoms. The number of aliphatic hydroxyl groups excluding tert-OH is 1. The van der Waals surface area contributed by atoms with E-state index in [1.54, 1.807) is 0 Å². The number of aliphatic hydroxyl groups is 1. The zero-order valence-corrected chi connectivity index (χ0v) is 14.6. The molecule has 0 radical (unpaired) electrons. The maximum Gasteiger partial charge on any atom is 0.146 e. The van der Waals surface area contributed by atoms with Gasteiger partial charge in [-0.3, -0.25) is 0 Å². The average Bonchev–Trinajstić information content (AvgIpc) is 2.38. The maximum atomic E-state index is 10.3. The van der Waals surface area contributed by atoms with Gasteiger partial charge in [0.25, 0.3) is 0 Å². The first kappa shape index (κ1) is 17.0. The second kappa shape index (κ2) is 7.11. The molecule has 0 fully saturated rings. The predicted molar refractivity (Wildman–Crippen MR) is 90.2 cm³/mol. The Labute approximate surface area is 125 Å². The Morgan fingerprint density at radius 2 is 1.30 bits per heavy atom. The maximum absolute atomic E-state index is 10.3. The molecule has 1 aromatic rings. The molecule has 0 aliphatic heterocycles. The highest BCUT2D eigenvalue weighted by molar-refractivity contribution is 6.90. The summed E-state index contributed by atoms with van der Waals surface area (Å²) in [5, 5.41) is 10.3. The van der Waals surface area contributed by atoms with Crippen molar-refractivity contribution < 1.29 is 5.11 Å². The van der Waals surface area contributed by atoms with Crippen molar-refractivity contribution in [3.05, 3.63) is 35.9 Å². The summed E-state index contributed by atoms with van der Waals surface area (Å²) in [6, 6.07) is 9.71. The lowest BCUT2D eigenvalue weighted by atomic mass is 10.1. The minimum Gasteiger partial charge on any atom is -0.376 e. The van der Waals surface area contributed by atoms with Crippen LogP contribution in [0.1, 0.15) is 53.2 Å². The summed E-state index contributed by atoms with van der Waals surface area (Å²) >= 11 is 0. The Morgan fingerprint density at radius 1 is 0.850 bits per heavy atom. The fraction of sp³-hybridized carbons (Fsp3) is 0.556. The van der Waals surface area contributed by atoms with Crippen molar-refractivity contribution in [3.63, 3.8) is 0 Å². The van der Waals surface area contributed by atoms with E-state index in [1.807, 2.05) is 30.3 Å². The van der Waals surface area contributed by atoms with Gasteiger partial charge in [-0.15, -0.1) is 5.54 Å². The molecule has 0 aliphatic carbocycles. The minimum absolute atomic E-state index is 0.595. The first-order chi connectivity index (χ1) is 9.32. The van der Waals surface area contributed by atoms with Crippen LogP contribution in [0.5, 0.6) is 0 Å². The van der Waals surface area contributed by atoms with Crippen LogP contribution in [0.15, 0.2) is 30.3 Å². The summed E-state index contributed by atoms with van der Waals surface area (Å²) in [6.07, 6.45) is -0.667. The van der Waals surface area contributed by atoms with Gasteiger partial charge in [-0.1, -0.05) is 77.8 Å². The highest BCUT2D eigenvalue weighted by Crippen LogP contribution is 2.40. The summed E-state index contributed by atoms with van der Waals surface area (Å²) in [6.45, 7) is 13.7. The summed E-state index contributed by atoms with van der Waals surface area (Å²) in [5.41, 5.74) is 6.24. The van der Waals surface area contributed by atoms with Gasteiger partial charge >= 0.3 is 0 Å². The van der Waals surface area contributed by atoms with Crippen molar-refractivity contribution >= 4 is 8.07 Å². The zero-order chi connectivity index (χ0) is 15.3. The lowest BCUT2D eigenvalue weighted by molar-refractivity contribution is 0.238. The Kier molecular flexibility index (Phi) is 6.04. The third-order valence-corrected chi connectivity index (χ3v) is 10.7. The van der Waals surface area contributed by atoms with E-state index in [4.69, 9.17) is 0 Å². The third kappa shape index (κ3) is 3.53. The van der Waals surface area contributed by atoms with E-state index in [9.17, 15) is 5.11 Å². The van der Waals surface area contributed by atoms with Crippen molar-refractivity contribution in [1.82, 2.24) is 0 Å². The van der Waals surface area contributed by atoms with Gasteiger partial charge in [-0.25, -0.2) is 0 Å². The number of benzene rings is 1. The van der Waals surface area contributed by atoms with Crippen LogP contribution >= 0.6 is 0 Å². The smallest absolute Gasteiger partial charge is 0.146 e. The van der Waals surface area contributed by atoms with Gasteiger partial charge in [0.1, 0.15) is 14.2 Å². The van der Waals surface area contributed by atoms with Gasteiger partial charge in [0.15, 0.2) is 0 Å². The van der Waals surface area contributed by atoms with Crippen LogP contribution in [0.25, 0.3) is 0 Å². The van der Waals surface area contributed by atoms with Crippen molar-refractivity contribution in [2.24, 2.45) is 0 Å². The topological polar surface area (TPSA) is 20.2 Å². The molecule has 0 saturated carbocycles. The molecule has 110 valence electrons. The SMILES string of the molecule is CC(C)[Si](C#C[C@H](O)c1ccccc1)(C(C)C)C(C)C. The lowest BCUT2D eigenvalue weighted by Gasteiger charge is -2.38. The second-order valence-corrected chi connectivity index (χ2v) is 12.1. The molecule has 0 saturated heterocycles. The highest BCUT2D eigenvalue weighted by atomic mass is 28.3. The molecule has 0 aliphatic rings. The van der Waals surface area contributed by atoms with Crippen LogP contribution < -0.4 is 0 Å². The standard InChI is InChI=1S/C18H28OSi/c1-14(2)20(15(3)4,16(5)6)13-12-18(19)17-10-8-7-9-11-17/h7-11,14-16,18-19H,1-6H3/t18-/m0/s1. The second-order valence-electron chi connectivity index (χ2n) is 6.48. The molecule has 2 heteroatoms. The molecular formula is C18H28OSi.